The van der Waals surface area contributed by atoms with Crippen molar-refractivity contribution in [1.29, 1.82) is 0 Å². The van der Waals surface area contributed by atoms with E-state index in [4.69, 9.17) is 18.9 Å². The highest BCUT2D eigenvalue weighted by Gasteiger charge is 2.32. The van der Waals surface area contributed by atoms with Gasteiger partial charge in [-0.05, 0) is 17.7 Å². The van der Waals surface area contributed by atoms with Crippen LogP contribution < -0.4 is 20.1 Å². The molecular weight excluding hydrogens is 449 g/mol. The fourth-order valence-electron chi connectivity index (χ4n) is 2.84. The predicted molar refractivity (Wildman–Crippen MR) is 113 cm³/mol. The van der Waals surface area contributed by atoms with E-state index in [1.165, 1.54) is 0 Å². The monoisotopic (exact) mass is 479 g/mol. The van der Waals surface area contributed by atoms with Crippen molar-refractivity contribution in [3.63, 3.8) is 0 Å². The molecule has 0 spiro atoms. The quantitative estimate of drug-likeness (QED) is 0.355. The zero-order valence-corrected chi connectivity index (χ0v) is 18.3. The van der Waals surface area contributed by atoms with Crippen LogP contribution in [0.2, 0.25) is 0 Å². The van der Waals surface area contributed by atoms with Crippen molar-refractivity contribution in [1.82, 2.24) is 10.6 Å². The van der Waals surface area contributed by atoms with Crippen LogP contribution in [-0.4, -0.2) is 59.7 Å². The molecule has 26 heavy (non-hydrogen) atoms. The van der Waals surface area contributed by atoms with Crippen molar-refractivity contribution in [2.75, 3.05) is 48.1 Å². The standard InChI is InChI=1S/C18H29N3O4.HI/c1-19-17(21-13-18(24-4)7-9-25-10-8-18)20-12-14-5-6-15(22-2)16(11-14)23-3;/h5-6,11H,7-10,12-13H2,1-4H3,(H2,19,20,21);1H. The molecule has 1 aromatic carbocycles. The predicted octanol–water partition coefficient (Wildman–Crippen LogP) is 2.18. The van der Waals surface area contributed by atoms with Crippen LogP contribution in [0, 0.1) is 0 Å². The van der Waals surface area contributed by atoms with Crippen molar-refractivity contribution < 1.29 is 18.9 Å². The summed E-state index contributed by atoms with van der Waals surface area (Å²) >= 11 is 0. The van der Waals surface area contributed by atoms with E-state index < -0.39 is 0 Å². The van der Waals surface area contributed by atoms with Crippen LogP contribution >= 0.6 is 24.0 Å². The second kappa shape index (κ2) is 11.5. The van der Waals surface area contributed by atoms with Crippen molar-refractivity contribution in [3.8, 4) is 11.5 Å². The number of nitrogens with zero attached hydrogens (tertiary/aromatic N) is 1. The number of halogens is 1. The molecule has 1 aromatic rings. The maximum atomic E-state index is 5.74. The summed E-state index contributed by atoms with van der Waals surface area (Å²) in [5, 5.41) is 6.67. The molecule has 1 saturated heterocycles. The first-order chi connectivity index (χ1) is 12.2. The highest BCUT2D eigenvalue weighted by Crippen LogP contribution is 2.27. The number of nitrogens with one attached hydrogen (secondary N) is 2. The minimum absolute atomic E-state index is 0. The Balaban J connectivity index is 0.00000338. The molecule has 0 aromatic heterocycles. The van der Waals surface area contributed by atoms with Crippen LogP contribution in [0.25, 0.3) is 0 Å². The van der Waals surface area contributed by atoms with Gasteiger partial charge in [0, 0.05) is 53.3 Å². The van der Waals surface area contributed by atoms with Gasteiger partial charge in [-0.1, -0.05) is 6.07 Å². The lowest BCUT2D eigenvalue weighted by atomic mass is 9.94. The zero-order chi connectivity index (χ0) is 18.1. The number of ether oxygens (including phenoxy) is 4. The van der Waals surface area contributed by atoms with Crippen molar-refractivity contribution in [3.05, 3.63) is 23.8 Å². The van der Waals surface area contributed by atoms with E-state index >= 15 is 0 Å². The van der Waals surface area contributed by atoms with Crippen molar-refractivity contribution in [2.45, 2.75) is 25.0 Å². The van der Waals surface area contributed by atoms with Gasteiger partial charge < -0.3 is 29.6 Å². The van der Waals surface area contributed by atoms with Gasteiger partial charge in [0.05, 0.1) is 19.8 Å². The molecular formula is C18H30IN3O4. The van der Waals surface area contributed by atoms with E-state index in [1.54, 1.807) is 28.4 Å². The third-order valence-corrected chi connectivity index (χ3v) is 4.55. The number of aliphatic imine (C=N–C) groups is 1. The van der Waals surface area contributed by atoms with Gasteiger partial charge in [0.25, 0.3) is 0 Å². The van der Waals surface area contributed by atoms with Gasteiger partial charge in [-0.3, -0.25) is 4.99 Å². The molecule has 0 amide bonds. The van der Waals surface area contributed by atoms with E-state index in [-0.39, 0.29) is 29.6 Å². The van der Waals surface area contributed by atoms with Gasteiger partial charge in [-0.2, -0.15) is 0 Å². The third kappa shape index (κ3) is 6.17. The van der Waals surface area contributed by atoms with Crippen LogP contribution in [0.3, 0.4) is 0 Å². The third-order valence-electron chi connectivity index (χ3n) is 4.55. The molecule has 2 rings (SSSR count). The molecule has 2 N–H and O–H groups in total. The smallest absolute Gasteiger partial charge is 0.191 e. The van der Waals surface area contributed by atoms with Crippen LogP contribution in [0.5, 0.6) is 11.5 Å². The fraction of sp³-hybridized carbons (Fsp3) is 0.611. The Morgan fingerprint density at radius 2 is 1.81 bits per heavy atom. The zero-order valence-electron chi connectivity index (χ0n) is 16.0. The number of rotatable bonds is 7. The molecule has 0 unspecified atom stereocenters. The molecule has 0 saturated carbocycles. The van der Waals surface area contributed by atoms with Gasteiger partial charge in [-0.15, -0.1) is 24.0 Å². The molecule has 1 fully saturated rings. The number of hydrogen-bond donors (Lipinski definition) is 2. The van der Waals surface area contributed by atoms with Crippen LogP contribution in [0.15, 0.2) is 23.2 Å². The molecule has 148 valence electrons. The summed E-state index contributed by atoms with van der Waals surface area (Å²) in [7, 11) is 6.78. The fourth-order valence-corrected chi connectivity index (χ4v) is 2.84. The molecule has 8 heteroatoms. The first-order valence-corrected chi connectivity index (χ1v) is 8.44. The average Bonchev–Trinajstić information content (AvgIpc) is 2.68. The molecule has 0 aliphatic carbocycles. The lowest BCUT2D eigenvalue weighted by molar-refractivity contribution is -0.0855. The lowest BCUT2D eigenvalue weighted by Crippen LogP contribution is -2.50. The van der Waals surface area contributed by atoms with Crippen LogP contribution in [-0.2, 0) is 16.0 Å². The minimum Gasteiger partial charge on any atom is -0.493 e. The summed E-state index contributed by atoms with van der Waals surface area (Å²) in [6.07, 6.45) is 1.76. The second-order valence-corrected chi connectivity index (χ2v) is 5.97. The molecule has 1 heterocycles. The van der Waals surface area contributed by atoms with Gasteiger partial charge in [0.1, 0.15) is 0 Å². The van der Waals surface area contributed by atoms with E-state index in [0.717, 1.165) is 43.3 Å². The average molecular weight is 479 g/mol. The van der Waals surface area contributed by atoms with Crippen LogP contribution in [0.4, 0.5) is 0 Å². The summed E-state index contributed by atoms with van der Waals surface area (Å²) < 4.78 is 21.8. The first kappa shape index (κ1) is 22.8. The Morgan fingerprint density at radius 1 is 1.12 bits per heavy atom. The van der Waals surface area contributed by atoms with E-state index in [1.807, 2.05) is 18.2 Å². The summed E-state index contributed by atoms with van der Waals surface area (Å²) in [4.78, 5) is 4.28. The van der Waals surface area contributed by atoms with E-state index in [0.29, 0.717) is 18.8 Å². The highest BCUT2D eigenvalue weighted by atomic mass is 127. The topological polar surface area (TPSA) is 73.3 Å². The Kier molecular flexibility index (Phi) is 10.0. The van der Waals surface area contributed by atoms with Gasteiger partial charge in [0.2, 0.25) is 0 Å². The molecule has 0 radical (unpaired) electrons. The van der Waals surface area contributed by atoms with E-state index in [2.05, 4.69) is 15.6 Å². The number of hydrogen-bond acceptors (Lipinski definition) is 5. The Morgan fingerprint density at radius 3 is 2.38 bits per heavy atom. The largest absolute Gasteiger partial charge is 0.493 e. The second-order valence-electron chi connectivity index (χ2n) is 5.97. The Hall–Kier alpha value is -1.26. The molecule has 1 aliphatic heterocycles. The van der Waals surface area contributed by atoms with Crippen molar-refractivity contribution >= 4 is 29.9 Å². The van der Waals surface area contributed by atoms with Crippen molar-refractivity contribution in [2.24, 2.45) is 4.99 Å². The maximum Gasteiger partial charge on any atom is 0.191 e. The number of guanidine groups is 1. The first-order valence-electron chi connectivity index (χ1n) is 8.44. The van der Waals surface area contributed by atoms with Gasteiger partial charge >= 0.3 is 0 Å². The lowest BCUT2D eigenvalue weighted by Gasteiger charge is -2.36. The number of methoxy groups -OCH3 is 3. The summed E-state index contributed by atoms with van der Waals surface area (Å²) in [6, 6.07) is 5.85. The SMILES string of the molecule is CN=C(NCc1ccc(OC)c(OC)c1)NCC1(OC)CCOCC1.I. The summed E-state index contributed by atoms with van der Waals surface area (Å²) in [6.45, 7) is 2.78. The summed E-state index contributed by atoms with van der Waals surface area (Å²) in [5.41, 5.74) is 0.882. The Bertz CT molecular complexity index is 578. The Labute approximate surface area is 172 Å². The van der Waals surface area contributed by atoms with E-state index in [9.17, 15) is 0 Å². The minimum atomic E-state index is -0.195. The maximum absolute atomic E-state index is 5.74. The normalized spacial score (nSPS) is 16.4. The van der Waals surface area contributed by atoms with Gasteiger partial charge in [0.15, 0.2) is 17.5 Å². The molecule has 7 nitrogen and oxygen atoms in total. The summed E-state index contributed by atoms with van der Waals surface area (Å²) in [5.74, 6) is 2.17. The highest BCUT2D eigenvalue weighted by molar-refractivity contribution is 14.0. The molecule has 1 aliphatic rings. The molecule has 0 atom stereocenters. The van der Waals surface area contributed by atoms with Gasteiger partial charge in [-0.25, -0.2) is 0 Å². The molecule has 0 bridgehead atoms. The van der Waals surface area contributed by atoms with Crippen LogP contribution in [0.1, 0.15) is 18.4 Å². The number of benzene rings is 1.